The van der Waals surface area contributed by atoms with Gasteiger partial charge in [0.05, 0.1) is 5.56 Å². The van der Waals surface area contributed by atoms with Gasteiger partial charge in [-0.25, -0.2) is 9.37 Å². The molecule has 0 saturated carbocycles. The van der Waals surface area contributed by atoms with Crippen LogP contribution >= 0.6 is 15.9 Å². The number of ether oxygens (including phenoxy) is 1. The summed E-state index contributed by atoms with van der Waals surface area (Å²) < 4.78 is 19.7. The Hall–Kier alpha value is -1.69. The largest absolute Gasteiger partial charge is 0.435 e. The molecular weight excluding hydrogens is 301 g/mol. The molecule has 0 aliphatic rings. The van der Waals surface area contributed by atoms with E-state index in [0.29, 0.717) is 21.7 Å². The van der Waals surface area contributed by atoms with Crippen LogP contribution in [0.1, 0.15) is 11.4 Å². The van der Waals surface area contributed by atoms with Crippen molar-refractivity contribution in [3.8, 4) is 11.6 Å². The SMILES string of the molecule is Cc1nc(N)c(C)c(Oc2ccc(Br)cc2F)n1. The number of aryl methyl sites for hydroxylation is 1. The molecular formula is C12H11BrFN3O. The fraction of sp³-hybridized carbons (Fsp3) is 0.167. The molecule has 0 atom stereocenters. The van der Waals surface area contributed by atoms with Crippen LogP contribution in [0, 0.1) is 19.7 Å². The molecule has 0 bridgehead atoms. The average Bonchev–Trinajstić information content (AvgIpc) is 2.29. The van der Waals surface area contributed by atoms with Crippen molar-refractivity contribution in [3.63, 3.8) is 0 Å². The number of nitrogens with zero attached hydrogens (tertiary/aromatic N) is 2. The van der Waals surface area contributed by atoms with E-state index >= 15 is 0 Å². The molecule has 1 aromatic carbocycles. The Morgan fingerprint density at radius 1 is 1.28 bits per heavy atom. The standard InChI is InChI=1S/C12H11BrFN3O/c1-6-11(15)16-7(2)17-12(6)18-10-4-3-8(13)5-9(10)14/h3-5H,1-2H3,(H2,15,16,17). The molecule has 0 spiro atoms. The van der Waals surface area contributed by atoms with Crippen LogP contribution in [0.2, 0.25) is 0 Å². The van der Waals surface area contributed by atoms with Gasteiger partial charge in [-0.3, -0.25) is 0 Å². The highest BCUT2D eigenvalue weighted by Gasteiger charge is 2.11. The maximum absolute atomic E-state index is 13.6. The third kappa shape index (κ3) is 2.59. The fourth-order valence-corrected chi connectivity index (χ4v) is 1.72. The van der Waals surface area contributed by atoms with Crippen LogP contribution in [-0.4, -0.2) is 9.97 Å². The molecule has 0 aliphatic heterocycles. The zero-order valence-corrected chi connectivity index (χ0v) is 11.5. The van der Waals surface area contributed by atoms with E-state index in [0.717, 1.165) is 0 Å². The number of aromatic nitrogens is 2. The quantitative estimate of drug-likeness (QED) is 0.923. The van der Waals surface area contributed by atoms with Crippen LogP contribution in [0.4, 0.5) is 10.2 Å². The van der Waals surface area contributed by atoms with Crippen LogP contribution in [-0.2, 0) is 0 Å². The van der Waals surface area contributed by atoms with Crippen molar-refractivity contribution in [1.82, 2.24) is 9.97 Å². The topological polar surface area (TPSA) is 61.0 Å². The van der Waals surface area contributed by atoms with Gasteiger partial charge in [0.25, 0.3) is 0 Å². The molecule has 2 rings (SSSR count). The van der Waals surface area contributed by atoms with Gasteiger partial charge in [-0.15, -0.1) is 0 Å². The molecule has 0 radical (unpaired) electrons. The van der Waals surface area contributed by atoms with Crippen molar-refractivity contribution in [3.05, 3.63) is 39.9 Å². The minimum atomic E-state index is -0.474. The summed E-state index contributed by atoms with van der Waals surface area (Å²) in [4.78, 5) is 8.10. The summed E-state index contributed by atoms with van der Waals surface area (Å²) in [6.07, 6.45) is 0. The first-order valence-corrected chi connectivity index (χ1v) is 6.00. The van der Waals surface area contributed by atoms with Gasteiger partial charge in [0.1, 0.15) is 11.6 Å². The van der Waals surface area contributed by atoms with Crippen LogP contribution in [0.3, 0.4) is 0 Å². The zero-order chi connectivity index (χ0) is 13.3. The number of hydrogen-bond donors (Lipinski definition) is 1. The highest BCUT2D eigenvalue weighted by atomic mass is 79.9. The molecule has 0 aliphatic carbocycles. The Balaban J connectivity index is 2.40. The van der Waals surface area contributed by atoms with E-state index in [1.54, 1.807) is 19.9 Å². The lowest BCUT2D eigenvalue weighted by Gasteiger charge is -2.10. The van der Waals surface area contributed by atoms with Gasteiger partial charge in [0.2, 0.25) is 5.88 Å². The summed E-state index contributed by atoms with van der Waals surface area (Å²) in [5.41, 5.74) is 6.29. The van der Waals surface area contributed by atoms with Crippen LogP contribution in [0.15, 0.2) is 22.7 Å². The second-order valence-electron chi connectivity index (χ2n) is 3.76. The second kappa shape index (κ2) is 4.89. The van der Waals surface area contributed by atoms with Crippen LogP contribution in [0.25, 0.3) is 0 Å². The highest BCUT2D eigenvalue weighted by molar-refractivity contribution is 9.10. The molecule has 0 unspecified atom stereocenters. The summed E-state index contributed by atoms with van der Waals surface area (Å²) in [5.74, 6) is 0.694. The molecule has 0 amide bonds. The molecule has 0 fully saturated rings. The number of hydrogen-bond acceptors (Lipinski definition) is 4. The number of nitrogen functional groups attached to an aromatic ring is 1. The number of rotatable bonds is 2. The first-order chi connectivity index (χ1) is 8.47. The lowest BCUT2D eigenvalue weighted by molar-refractivity contribution is 0.422. The number of benzene rings is 1. The van der Waals surface area contributed by atoms with Gasteiger partial charge in [-0.1, -0.05) is 15.9 Å². The minimum absolute atomic E-state index is 0.0961. The lowest BCUT2D eigenvalue weighted by atomic mass is 10.3. The molecule has 1 heterocycles. The maximum Gasteiger partial charge on any atom is 0.227 e. The fourth-order valence-electron chi connectivity index (χ4n) is 1.39. The summed E-state index contributed by atoms with van der Waals surface area (Å²) in [7, 11) is 0. The molecule has 2 N–H and O–H groups in total. The zero-order valence-electron chi connectivity index (χ0n) is 9.87. The summed E-state index contributed by atoms with van der Waals surface area (Å²) >= 11 is 3.18. The van der Waals surface area contributed by atoms with E-state index in [1.165, 1.54) is 12.1 Å². The van der Waals surface area contributed by atoms with E-state index in [9.17, 15) is 4.39 Å². The maximum atomic E-state index is 13.6. The van der Waals surface area contributed by atoms with Crippen molar-refractivity contribution in [2.45, 2.75) is 13.8 Å². The van der Waals surface area contributed by atoms with Gasteiger partial charge in [0.15, 0.2) is 11.6 Å². The highest BCUT2D eigenvalue weighted by Crippen LogP contribution is 2.29. The third-order valence-corrected chi connectivity index (χ3v) is 2.84. The molecule has 94 valence electrons. The first-order valence-electron chi connectivity index (χ1n) is 5.21. The van der Waals surface area contributed by atoms with E-state index in [2.05, 4.69) is 25.9 Å². The van der Waals surface area contributed by atoms with E-state index < -0.39 is 5.82 Å². The second-order valence-corrected chi connectivity index (χ2v) is 4.68. The van der Waals surface area contributed by atoms with Gasteiger partial charge < -0.3 is 10.5 Å². The van der Waals surface area contributed by atoms with Crippen molar-refractivity contribution >= 4 is 21.7 Å². The lowest BCUT2D eigenvalue weighted by Crippen LogP contribution is -2.02. The van der Waals surface area contributed by atoms with E-state index in [-0.39, 0.29) is 11.6 Å². The van der Waals surface area contributed by atoms with Gasteiger partial charge in [-0.2, -0.15) is 4.98 Å². The summed E-state index contributed by atoms with van der Waals surface area (Å²) in [6.45, 7) is 3.42. The normalized spacial score (nSPS) is 10.4. The number of nitrogens with two attached hydrogens (primary N) is 1. The van der Waals surface area contributed by atoms with Crippen LogP contribution < -0.4 is 10.5 Å². The third-order valence-electron chi connectivity index (χ3n) is 2.35. The average molecular weight is 312 g/mol. The summed E-state index contributed by atoms with van der Waals surface area (Å²) in [5, 5.41) is 0. The molecule has 0 saturated heterocycles. The van der Waals surface area contributed by atoms with Crippen molar-refractivity contribution in [2.24, 2.45) is 0 Å². The molecule has 1 aromatic heterocycles. The van der Waals surface area contributed by atoms with Crippen molar-refractivity contribution in [1.29, 1.82) is 0 Å². The Morgan fingerprint density at radius 2 is 2.00 bits per heavy atom. The van der Waals surface area contributed by atoms with E-state index in [1.807, 2.05) is 0 Å². The Kier molecular flexibility index (Phi) is 3.47. The van der Waals surface area contributed by atoms with Crippen LogP contribution in [0.5, 0.6) is 11.6 Å². The first kappa shape index (κ1) is 12.8. The molecule has 2 aromatic rings. The van der Waals surface area contributed by atoms with Gasteiger partial charge in [-0.05, 0) is 32.0 Å². The Bertz CT molecular complexity index is 604. The smallest absolute Gasteiger partial charge is 0.227 e. The monoisotopic (exact) mass is 311 g/mol. The number of anilines is 1. The summed E-state index contributed by atoms with van der Waals surface area (Å²) in [6, 6.07) is 4.53. The number of halogens is 2. The predicted octanol–water partition coefficient (Wildman–Crippen LogP) is 3.37. The Morgan fingerprint density at radius 3 is 2.67 bits per heavy atom. The predicted molar refractivity (Wildman–Crippen MR) is 70.1 cm³/mol. The van der Waals surface area contributed by atoms with Gasteiger partial charge in [0, 0.05) is 4.47 Å². The molecule has 18 heavy (non-hydrogen) atoms. The Labute approximate surface area is 112 Å². The molecule has 6 heteroatoms. The minimum Gasteiger partial charge on any atom is -0.435 e. The van der Waals surface area contributed by atoms with Crippen molar-refractivity contribution < 1.29 is 9.13 Å². The van der Waals surface area contributed by atoms with Gasteiger partial charge >= 0.3 is 0 Å². The van der Waals surface area contributed by atoms with E-state index in [4.69, 9.17) is 10.5 Å². The molecule has 4 nitrogen and oxygen atoms in total. The van der Waals surface area contributed by atoms with Crippen molar-refractivity contribution in [2.75, 3.05) is 5.73 Å².